The molecule has 0 aliphatic carbocycles. The maximum atomic E-state index is 11.3. The Balaban J connectivity index is 2.14. The van der Waals surface area contributed by atoms with Crippen LogP contribution >= 0.6 is 23.4 Å². The quantitative estimate of drug-likeness (QED) is 0.800. The van der Waals surface area contributed by atoms with E-state index in [1.54, 1.807) is 18.2 Å². The third-order valence-corrected chi connectivity index (χ3v) is 6.10. The molecule has 0 saturated carbocycles. The molecule has 1 fully saturated rings. The number of rotatable bonds is 2. The van der Waals surface area contributed by atoms with Gasteiger partial charge in [0.05, 0.1) is 33.6 Å². The summed E-state index contributed by atoms with van der Waals surface area (Å²) in [5.74, 6) is -0.159. The number of thioether (sulfide) groups is 1. The Hall–Kier alpha value is -0.430. The van der Waals surface area contributed by atoms with Crippen molar-refractivity contribution in [1.29, 1.82) is 0 Å². The normalized spacial score (nSPS) is 27.2. The van der Waals surface area contributed by atoms with E-state index in [-0.39, 0.29) is 16.8 Å². The van der Waals surface area contributed by atoms with Crippen molar-refractivity contribution >= 4 is 38.9 Å². The molecule has 7 heteroatoms. The molecule has 0 aromatic heterocycles. The minimum Gasteiger partial charge on any atom is -0.398 e. The molecule has 1 aromatic carbocycles. The molecular weight excluding hydrogens is 282 g/mol. The van der Waals surface area contributed by atoms with E-state index in [1.807, 2.05) is 0 Å². The summed E-state index contributed by atoms with van der Waals surface area (Å²) >= 11 is 7.19. The third-order valence-electron chi connectivity index (χ3n) is 2.53. The fraction of sp³-hybridized carbons (Fsp3) is 0.400. The molecule has 0 bridgehead atoms. The second-order valence-electron chi connectivity index (χ2n) is 3.98. The fourth-order valence-corrected chi connectivity index (χ4v) is 5.47. The second kappa shape index (κ2) is 4.68. The van der Waals surface area contributed by atoms with Gasteiger partial charge < -0.3 is 10.8 Å². The molecule has 1 aliphatic rings. The predicted molar refractivity (Wildman–Crippen MR) is 70.2 cm³/mol. The molecule has 0 spiro atoms. The minimum atomic E-state index is -3.11. The van der Waals surface area contributed by atoms with Gasteiger partial charge >= 0.3 is 0 Å². The Bertz CT molecular complexity index is 532. The van der Waals surface area contributed by atoms with E-state index < -0.39 is 15.9 Å². The highest BCUT2D eigenvalue weighted by Crippen LogP contribution is 2.33. The lowest BCUT2D eigenvalue weighted by molar-refractivity contribution is 0.207. The molecular formula is C10H12ClNO3S2. The number of sulfone groups is 1. The lowest BCUT2D eigenvalue weighted by Crippen LogP contribution is -2.19. The van der Waals surface area contributed by atoms with Gasteiger partial charge in [0.1, 0.15) is 0 Å². The zero-order valence-corrected chi connectivity index (χ0v) is 11.2. The summed E-state index contributed by atoms with van der Waals surface area (Å²) in [6.45, 7) is 0. The highest BCUT2D eigenvalue weighted by molar-refractivity contribution is 8.02. The maximum Gasteiger partial charge on any atom is 0.154 e. The van der Waals surface area contributed by atoms with Crippen molar-refractivity contribution in [2.45, 2.75) is 16.2 Å². The minimum absolute atomic E-state index is 0.000822. The van der Waals surface area contributed by atoms with Crippen LogP contribution in [0.3, 0.4) is 0 Å². The summed E-state index contributed by atoms with van der Waals surface area (Å²) in [4.78, 5) is 0.811. The predicted octanol–water partition coefficient (Wildman–Crippen LogP) is 1.17. The standard InChI is InChI=1S/C10H12ClNO3S2/c11-7-3-6(1-2-8(7)12)16-10-5-17(14,15)4-9(10)13/h1-3,9-10,13H,4-5,12H2. The Kier molecular flexibility index (Phi) is 3.58. The van der Waals surface area contributed by atoms with Crippen molar-refractivity contribution in [3.05, 3.63) is 23.2 Å². The number of anilines is 1. The number of nitrogens with two attached hydrogens (primary N) is 1. The van der Waals surface area contributed by atoms with Crippen molar-refractivity contribution in [2.75, 3.05) is 17.2 Å². The highest BCUT2D eigenvalue weighted by atomic mass is 35.5. The second-order valence-corrected chi connectivity index (χ2v) is 7.86. The molecule has 0 amide bonds. The molecule has 1 heterocycles. The summed E-state index contributed by atoms with van der Waals surface area (Å²) < 4.78 is 22.7. The zero-order chi connectivity index (χ0) is 12.6. The molecule has 17 heavy (non-hydrogen) atoms. The largest absolute Gasteiger partial charge is 0.398 e. The van der Waals surface area contributed by atoms with Crippen molar-refractivity contribution in [2.24, 2.45) is 0 Å². The van der Waals surface area contributed by atoms with Crippen molar-refractivity contribution in [3.8, 4) is 0 Å². The van der Waals surface area contributed by atoms with Crippen LogP contribution in [0.15, 0.2) is 23.1 Å². The van der Waals surface area contributed by atoms with Crippen LogP contribution in [0.5, 0.6) is 0 Å². The van der Waals surface area contributed by atoms with E-state index in [2.05, 4.69) is 0 Å². The number of hydrogen-bond acceptors (Lipinski definition) is 5. The van der Waals surface area contributed by atoms with E-state index >= 15 is 0 Å². The Morgan fingerprint density at radius 3 is 2.65 bits per heavy atom. The SMILES string of the molecule is Nc1ccc(SC2CS(=O)(=O)CC2O)cc1Cl. The van der Waals surface area contributed by atoms with Crippen molar-refractivity contribution < 1.29 is 13.5 Å². The summed E-state index contributed by atoms with van der Waals surface area (Å²) in [5.41, 5.74) is 6.06. The number of halogens is 1. The molecule has 2 atom stereocenters. The van der Waals surface area contributed by atoms with Gasteiger partial charge in [-0.1, -0.05) is 11.6 Å². The smallest absolute Gasteiger partial charge is 0.154 e. The maximum absolute atomic E-state index is 11.3. The number of aliphatic hydroxyl groups is 1. The zero-order valence-electron chi connectivity index (χ0n) is 8.84. The molecule has 2 rings (SSSR count). The van der Waals surface area contributed by atoms with Crippen LogP contribution in [0.25, 0.3) is 0 Å². The van der Waals surface area contributed by atoms with Gasteiger partial charge in [-0.2, -0.15) is 0 Å². The first-order chi connectivity index (χ1) is 7.87. The van der Waals surface area contributed by atoms with Crippen LogP contribution in [-0.4, -0.2) is 36.4 Å². The summed E-state index contributed by atoms with van der Waals surface area (Å²) in [7, 11) is -3.11. The summed E-state index contributed by atoms with van der Waals surface area (Å²) in [6, 6.07) is 5.11. The Morgan fingerprint density at radius 1 is 1.41 bits per heavy atom. The van der Waals surface area contributed by atoms with Gasteiger partial charge in [0.15, 0.2) is 9.84 Å². The van der Waals surface area contributed by atoms with E-state index in [9.17, 15) is 13.5 Å². The first-order valence-electron chi connectivity index (χ1n) is 4.97. The average Bonchev–Trinajstić information content (AvgIpc) is 2.46. The van der Waals surface area contributed by atoms with E-state index in [0.717, 1.165) is 4.90 Å². The summed E-state index contributed by atoms with van der Waals surface area (Å²) in [5, 5.41) is 9.75. The Morgan fingerprint density at radius 2 is 2.12 bits per heavy atom. The molecule has 1 saturated heterocycles. The third kappa shape index (κ3) is 3.07. The molecule has 94 valence electrons. The number of hydrogen-bond donors (Lipinski definition) is 2. The molecule has 2 unspecified atom stereocenters. The van der Waals surface area contributed by atoms with Gasteiger partial charge in [0.2, 0.25) is 0 Å². The van der Waals surface area contributed by atoms with Crippen LogP contribution in [0.1, 0.15) is 0 Å². The van der Waals surface area contributed by atoms with E-state index in [0.29, 0.717) is 10.7 Å². The molecule has 0 radical (unpaired) electrons. The van der Waals surface area contributed by atoms with Crippen LogP contribution in [0.4, 0.5) is 5.69 Å². The number of aliphatic hydroxyl groups excluding tert-OH is 1. The van der Waals surface area contributed by atoms with Gasteiger partial charge in [-0.3, -0.25) is 0 Å². The van der Waals surface area contributed by atoms with Gasteiger partial charge in [0.25, 0.3) is 0 Å². The fourth-order valence-electron chi connectivity index (χ4n) is 1.67. The average molecular weight is 294 g/mol. The van der Waals surface area contributed by atoms with Crippen LogP contribution < -0.4 is 5.73 Å². The first kappa shape index (κ1) is 13.0. The van der Waals surface area contributed by atoms with Gasteiger partial charge in [-0.25, -0.2) is 8.42 Å². The van der Waals surface area contributed by atoms with Crippen LogP contribution in [0.2, 0.25) is 5.02 Å². The van der Waals surface area contributed by atoms with Crippen LogP contribution in [0, 0.1) is 0 Å². The molecule has 1 aromatic rings. The van der Waals surface area contributed by atoms with Crippen molar-refractivity contribution in [1.82, 2.24) is 0 Å². The first-order valence-corrected chi connectivity index (χ1v) is 8.05. The van der Waals surface area contributed by atoms with E-state index in [4.69, 9.17) is 17.3 Å². The van der Waals surface area contributed by atoms with Crippen LogP contribution in [-0.2, 0) is 9.84 Å². The lowest BCUT2D eigenvalue weighted by Gasteiger charge is -2.12. The number of nitrogen functional groups attached to an aromatic ring is 1. The molecule has 4 nitrogen and oxygen atoms in total. The van der Waals surface area contributed by atoms with Crippen molar-refractivity contribution in [3.63, 3.8) is 0 Å². The lowest BCUT2D eigenvalue weighted by atomic mass is 10.3. The Labute approximate surface area is 109 Å². The van der Waals surface area contributed by atoms with E-state index in [1.165, 1.54) is 11.8 Å². The van der Waals surface area contributed by atoms with Gasteiger partial charge in [0, 0.05) is 4.90 Å². The monoisotopic (exact) mass is 293 g/mol. The topological polar surface area (TPSA) is 80.4 Å². The number of benzene rings is 1. The molecule has 1 aliphatic heterocycles. The van der Waals surface area contributed by atoms with Gasteiger partial charge in [-0.15, -0.1) is 11.8 Å². The van der Waals surface area contributed by atoms with Gasteiger partial charge in [-0.05, 0) is 18.2 Å². The summed E-state index contributed by atoms with van der Waals surface area (Å²) in [6.07, 6.45) is -0.818. The highest BCUT2D eigenvalue weighted by Gasteiger charge is 2.36. The molecule has 3 N–H and O–H groups in total.